The Bertz CT molecular complexity index is 653. The number of ketones is 1. The summed E-state index contributed by atoms with van der Waals surface area (Å²) in [5, 5.41) is 0.871. The van der Waals surface area contributed by atoms with Crippen molar-refractivity contribution in [3.05, 3.63) is 36.0 Å². The summed E-state index contributed by atoms with van der Waals surface area (Å²) in [6.45, 7) is -0.169. The van der Waals surface area contributed by atoms with Gasteiger partial charge in [0.25, 0.3) is 0 Å². The molecule has 1 aliphatic rings. The second-order valence-corrected chi connectivity index (χ2v) is 5.61. The van der Waals surface area contributed by atoms with E-state index >= 15 is 0 Å². The number of fused-ring (bicyclic) bond motifs is 1. The molecule has 4 heteroatoms. The van der Waals surface area contributed by atoms with E-state index in [-0.39, 0.29) is 24.3 Å². The molecule has 0 aliphatic heterocycles. The molecule has 3 rings (SSSR count). The van der Waals surface area contributed by atoms with Crippen LogP contribution >= 0.6 is 0 Å². The predicted octanol–water partition coefficient (Wildman–Crippen LogP) is 3.47. The molecule has 21 heavy (non-hydrogen) atoms. The van der Waals surface area contributed by atoms with Crippen LogP contribution in [0.1, 0.15) is 42.5 Å². The normalized spacial score (nSPS) is 16.0. The van der Waals surface area contributed by atoms with E-state index in [9.17, 15) is 9.59 Å². The van der Waals surface area contributed by atoms with Gasteiger partial charge in [-0.1, -0.05) is 37.5 Å². The van der Waals surface area contributed by atoms with E-state index in [4.69, 9.17) is 4.74 Å². The number of H-pyrrole nitrogens is 1. The van der Waals surface area contributed by atoms with Crippen LogP contribution in [0.4, 0.5) is 0 Å². The number of esters is 1. The molecule has 1 fully saturated rings. The second-order valence-electron chi connectivity index (χ2n) is 5.61. The van der Waals surface area contributed by atoms with Gasteiger partial charge in [-0.25, -0.2) is 0 Å². The Balaban J connectivity index is 1.62. The van der Waals surface area contributed by atoms with Gasteiger partial charge < -0.3 is 9.72 Å². The third-order valence-corrected chi connectivity index (χ3v) is 4.17. The molecule has 1 aromatic carbocycles. The van der Waals surface area contributed by atoms with Crippen molar-refractivity contribution in [2.45, 2.75) is 32.1 Å². The molecule has 110 valence electrons. The second kappa shape index (κ2) is 6.12. The van der Waals surface area contributed by atoms with Crippen molar-refractivity contribution in [3.63, 3.8) is 0 Å². The predicted molar refractivity (Wildman–Crippen MR) is 80.2 cm³/mol. The molecule has 1 aliphatic carbocycles. The molecule has 0 atom stereocenters. The Labute approximate surface area is 123 Å². The fraction of sp³-hybridized carbons (Fsp3) is 0.412. The summed E-state index contributed by atoms with van der Waals surface area (Å²) in [5.74, 6) is -0.394. The molecule has 1 heterocycles. The van der Waals surface area contributed by atoms with Crippen LogP contribution in [-0.2, 0) is 9.53 Å². The van der Waals surface area contributed by atoms with E-state index < -0.39 is 0 Å². The fourth-order valence-corrected chi connectivity index (χ4v) is 2.97. The number of para-hydroxylation sites is 1. The highest BCUT2D eigenvalue weighted by atomic mass is 16.5. The molecule has 0 spiro atoms. The minimum absolute atomic E-state index is 0.0190. The van der Waals surface area contributed by atoms with Gasteiger partial charge in [0, 0.05) is 22.7 Å². The van der Waals surface area contributed by atoms with Crippen LogP contribution in [0.5, 0.6) is 0 Å². The third-order valence-electron chi connectivity index (χ3n) is 4.17. The lowest BCUT2D eigenvalue weighted by molar-refractivity contribution is -0.148. The van der Waals surface area contributed by atoms with Gasteiger partial charge in [-0.3, -0.25) is 9.59 Å². The maximum Gasteiger partial charge on any atom is 0.309 e. The number of hydrogen-bond acceptors (Lipinski definition) is 3. The third kappa shape index (κ3) is 2.99. The monoisotopic (exact) mass is 285 g/mol. The van der Waals surface area contributed by atoms with Crippen LogP contribution in [-0.4, -0.2) is 23.3 Å². The van der Waals surface area contributed by atoms with Gasteiger partial charge in [0.15, 0.2) is 6.61 Å². The molecular formula is C17H19NO3. The summed E-state index contributed by atoms with van der Waals surface area (Å²) < 4.78 is 5.21. The maximum absolute atomic E-state index is 12.2. The first-order chi connectivity index (χ1) is 10.3. The van der Waals surface area contributed by atoms with Gasteiger partial charge in [-0.05, 0) is 18.9 Å². The fourth-order valence-electron chi connectivity index (χ4n) is 2.97. The van der Waals surface area contributed by atoms with Crippen molar-refractivity contribution in [2.75, 3.05) is 6.61 Å². The summed E-state index contributed by atoms with van der Waals surface area (Å²) in [6.07, 6.45) is 6.81. The van der Waals surface area contributed by atoms with E-state index in [0.717, 1.165) is 36.6 Å². The van der Waals surface area contributed by atoms with Crippen molar-refractivity contribution < 1.29 is 14.3 Å². The summed E-state index contributed by atoms with van der Waals surface area (Å²) in [4.78, 5) is 27.2. The number of carbonyl (C=O) groups excluding carboxylic acids is 2. The lowest BCUT2D eigenvalue weighted by atomic mass is 9.89. The summed E-state index contributed by atoms with van der Waals surface area (Å²) in [5.41, 5.74) is 1.50. The van der Waals surface area contributed by atoms with Crippen LogP contribution in [0.3, 0.4) is 0 Å². The average molecular weight is 285 g/mol. The zero-order valence-corrected chi connectivity index (χ0v) is 11.9. The first kappa shape index (κ1) is 13.9. The summed E-state index contributed by atoms with van der Waals surface area (Å²) in [6, 6.07) is 7.61. The van der Waals surface area contributed by atoms with Crippen molar-refractivity contribution in [3.8, 4) is 0 Å². The van der Waals surface area contributed by atoms with E-state index in [0.29, 0.717) is 5.56 Å². The van der Waals surface area contributed by atoms with Gasteiger partial charge in [0.1, 0.15) is 0 Å². The van der Waals surface area contributed by atoms with Crippen molar-refractivity contribution in [1.82, 2.24) is 4.98 Å². The smallest absolute Gasteiger partial charge is 0.309 e. The molecular weight excluding hydrogens is 266 g/mol. The lowest BCUT2D eigenvalue weighted by Gasteiger charge is -2.19. The minimum atomic E-state index is -0.220. The number of ether oxygens (including phenoxy) is 1. The Morgan fingerprint density at radius 3 is 2.71 bits per heavy atom. The number of rotatable bonds is 4. The largest absolute Gasteiger partial charge is 0.457 e. The standard InChI is InChI=1S/C17H19NO3/c19-16(11-21-17(20)12-6-2-1-3-7-12)14-10-18-15-9-5-4-8-13(14)15/h4-5,8-10,12,18H,1-3,6-7,11H2. The first-order valence-electron chi connectivity index (χ1n) is 7.51. The van der Waals surface area contributed by atoms with Crippen LogP contribution in [0.25, 0.3) is 10.9 Å². The number of hydrogen-bond donors (Lipinski definition) is 1. The quantitative estimate of drug-likeness (QED) is 0.691. The van der Waals surface area contributed by atoms with Crippen molar-refractivity contribution in [2.24, 2.45) is 5.92 Å². The molecule has 0 bridgehead atoms. The van der Waals surface area contributed by atoms with E-state index in [1.807, 2.05) is 24.3 Å². The van der Waals surface area contributed by atoms with E-state index in [1.54, 1.807) is 6.20 Å². The maximum atomic E-state index is 12.2. The number of aromatic amines is 1. The number of aromatic nitrogens is 1. The summed E-state index contributed by atoms with van der Waals surface area (Å²) in [7, 11) is 0. The van der Waals surface area contributed by atoms with Crippen molar-refractivity contribution in [1.29, 1.82) is 0 Å². The number of nitrogens with one attached hydrogen (secondary N) is 1. The highest BCUT2D eigenvalue weighted by Gasteiger charge is 2.23. The number of Topliss-reactive ketones (excluding diaryl/α,β-unsaturated/α-hetero) is 1. The lowest BCUT2D eigenvalue weighted by Crippen LogP contribution is -2.23. The van der Waals surface area contributed by atoms with E-state index in [1.165, 1.54) is 6.42 Å². The molecule has 1 N–H and O–H groups in total. The van der Waals surface area contributed by atoms with Crippen molar-refractivity contribution >= 4 is 22.7 Å². The van der Waals surface area contributed by atoms with Crippen LogP contribution in [0.15, 0.2) is 30.5 Å². The molecule has 2 aromatic rings. The SMILES string of the molecule is O=C(COC(=O)C1CCCCC1)c1c[nH]c2ccccc12. The zero-order valence-electron chi connectivity index (χ0n) is 11.9. The Kier molecular flexibility index (Phi) is 4.04. The Morgan fingerprint density at radius 1 is 1.14 bits per heavy atom. The van der Waals surface area contributed by atoms with Crippen LogP contribution in [0, 0.1) is 5.92 Å². The molecule has 0 amide bonds. The van der Waals surface area contributed by atoms with Crippen LogP contribution in [0.2, 0.25) is 0 Å². The highest BCUT2D eigenvalue weighted by molar-refractivity contribution is 6.08. The number of carbonyl (C=O) groups is 2. The molecule has 0 radical (unpaired) electrons. The molecule has 4 nitrogen and oxygen atoms in total. The van der Waals surface area contributed by atoms with Crippen LogP contribution < -0.4 is 0 Å². The Morgan fingerprint density at radius 2 is 1.90 bits per heavy atom. The summed E-state index contributed by atoms with van der Waals surface area (Å²) >= 11 is 0. The average Bonchev–Trinajstić information content (AvgIpc) is 2.97. The first-order valence-corrected chi connectivity index (χ1v) is 7.51. The highest BCUT2D eigenvalue weighted by Crippen LogP contribution is 2.25. The van der Waals surface area contributed by atoms with Gasteiger partial charge in [-0.15, -0.1) is 0 Å². The number of benzene rings is 1. The Hall–Kier alpha value is -2.10. The minimum Gasteiger partial charge on any atom is -0.457 e. The van der Waals surface area contributed by atoms with Gasteiger partial charge in [0.05, 0.1) is 5.92 Å². The van der Waals surface area contributed by atoms with Gasteiger partial charge >= 0.3 is 5.97 Å². The molecule has 1 saturated carbocycles. The molecule has 0 unspecified atom stereocenters. The van der Waals surface area contributed by atoms with Gasteiger partial charge in [-0.2, -0.15) is 0 Å². The zero-order chi connectivity index (χ0) is 14.7. The topological polar surface area (TPSA) is 59.2 Å². The van der Waals surface area contributed by atoms with Gasteiger partial charge in [0.2, 0.25) is 5.78 Å². The molecule has 1 aromatic heterocycles. The van der Waals surface area contributed by atoms with E-state index in [2.05, 4.69) is 4.98 Å². The molecule has 0 saturated heterocycles.